The zero-order chi connectivity index (χ0) is 100.0. The number of phenols is 3. The molecule has 30 nitrogen and oxygen atoms in total. The quantitative estimate of drug-likeness (QED) is 0.0128. The molecule has 6 aromatic rings. The Morgan fingerprint density at radius 1 is 0.353 bits per heavy atom. The van der Waals surface area contributed by atoms with Crippen molar-refractivity contribution in [3.05, 3.63) is 193 Å². The number of esters is 4. The predicted octanol–water partition coefficient (Wildman–Crippen LogP) is 7.93. The molecule has 8 amide bonds. The van der Waals surface area contributed by atoms with Gasteiger partial charge in [0.25, 0.3) is 17.7 Å². The van der Waals surface area contributed by atoms with E-state index in [9.17, 15) is 154 Å². The Morgan fingerprint density at radius 2 is 0.632 bits per heavy atom. The number of nitrogens with one attached hydrogen (secondary N) is 7. The van der Waals surface area contributed by atoms with Gasteiger partial charge in [-0.05, 0) is 101 Å². The Kier molecular flexibility index (Phi) is 37.1. The minimum Gasteiger partial charge on any atom is -0.507 e. The molecule has 0 spiro atoms. The van der Waals surface area contributed by atoms with Crippen molar-refractivity contribution in [1.82, 2.24) is 42.1 Å². The number of carbonyl (C=O) groups is 12. The largest absolute Gasteiger partial charge is 0.507 e. The second-order valence-electron chi connectivity index (χ2n) is 33.1. The van der Waals surface area contributed by atoms with Gasteiger partial charge >= 0.3 is 23.9 Å². The highest BCUT2D eigenvalue weighted by atomic mass is 19.2. The standard InChI is InChI=1S/C30H34F5N3O7.C29H32F5N3O7.C29H31F5N2O8/c1-12(2)10-18-30(44)45-14(4)25(37-27(41)15-8-6-7-9-19(15)39)28(42)36-17(26(40)13(3)29(43)38(18)5)11-16-20(31)22(33)24(35)23(34)21(16)32;1-11(2)9-17-29(43)44-13(4)24(37-27(41)14-7-5-6-8-18(14)38)28(42)35-16(25(39)12(3)26(40)36-17)10-15-19(30)21(32)23(34)22(33)20(15)31;1-11(2)9-18-29(42)43-13(4)24(36-26(39)14-7-5-6-8-17(14)37)27(40)35-16(25(38)12(3)28(41)44-18)10-15-19(30)21(32)23(34)22(33)20(15)31/h6-9,12-14,17-18,25-26,39-40H,10-11H2,1-5H3,(H,36,42)(H,37,41);5-8,11-13,16-17,24-25,38-39H,9-10H2,1-4H3,(H,35,42)(H,36,40)(H,37,41);5-8,11-13,16,18,24-25,37-38H,9-10H2,1-4H3,(H,35,40)(H,36,39)/t13-,14-,17+,18?,25+,26+;12-,13-,16+,17?,24+,25+;12-,13-,16+,18?,24+,25+/m111/s1. The maximum Gasteiger partial charge on any atom is 0.347 e. The van der Waals surface area contributed by atoms with Crippen LogP contribution in [0.25, 0.3) is 0 Å². The summed E-state index contributed by atoms with van der Waals surface area (Å²) in [6.45, 7) is 17.4. The number of rotatable bonds is 18. The first kappa shape index (κ1) is 107. The molecule has 133 heavy (non-hydrogen) atoms. The molecule has 3 aliphatic heterocycles. The number of ether oxygens (including phenoxy) is 4. The monoisotopic (exact) mass is 1900 g/mol. The molecule has 726 valence electrons. The number of hydrogen-bond acceptors (Lipinski definition) is 22. The van der Waals surface area contributed by atoms with Crippen molar-refractivity contribution in [2.75, 3.05) is 7.05 Å². The van der Waals surface area contributed by atoms with Crippen LogP contribution in [-0.4, -0.2) is 205 Å². The van der Waals surface area contributed by atoms with Crippen molar-refractivity contribution in [1.29, 1.82) is 0 Å². The molecule has 3 unspecified atom stereocenters. The van der Waals surface area contributed by atoms with Crippen LogP contribution in [0, 0.1) is 123 Å². The summed E-state index contributed by atoms with van der Waals surface area (Å²) in [7, 11) is 1.26. The second kappa shape index (κ2) is 46.0. The number of likely N-dealkylation sites (N-methyl/N-ethyl adjacent to an activating group) is 1. The number of aliphatic hydroxyl groups excluding tert-OH is 3. The topological polar surface area (TPSA) is 451 Å². The number of phenolic OH excluding ortho intramolecular Hbond substituents is 3. The number of nitrogens with zero attached hydrogens (tertiary/aromatic N) is 1. The first-order chi connectivity index (χ1) is 62.1. The smallest absolute Gasteiger partial charge is 0.347 e. The summed E-state index contributed by atoms with van der Waals surface area (Å²) in [6, 6.07) is 2.22. The molecule has 6 aromatic carbocycles. The average molecular weight is 1900 g/mol. The van der Waals surface area contributed by atoms with E-state index in [1.807, 2.05) is 0 Å². The lowest BCUT2D eigenvalue weighted by atomic mass is 9.90. The number of hydrogen-bond donors (Lipinski definition) is 13. The van der Waals surface area contributed by atoms with Crippen LogP contribution >= 0.6 is 0 Å². The van der Waals surface area contributed by atoms with Crippen LogP contribution in [0.5, 0.6) is 17.2 Å². The molecule has 9 rings (SSSR count). The van der Waals surface area contributed by atoms with Crippen LogP contribution in [0.4, 0.5) is 65.9 Å². The second-order valence-corrected chi connectivity index (χ2v) is 33.1. The molecule has 3 saturated heterocycles. The fraction of sp³-hybridized carbons (Fsp3) is 0.455. The van der Waals surface area contributed by atoms with Crippen LogP contribution < -0.4 is 37.2 Å². The first-order valence-corrected chi connectivity index (χ1v) is 41.2. The highest BCUT2D eigenvalue weighted by molar-refractivity contribution is 6.02. The van der Waals surface area contributed by atoms with Crippen LogP contribution in [0.1, 0.15) is 150 Å². The van der Waals surface area contributed by atoms with Crippen LogP contribution in [-0.2, 0) is 81.4 Å². The first-order valence-electron chi connectivity index (χ1n) is 41.2. The molecule has 0 aliphatic carbocycles. The van der Waals surface area contributed by atoms with Gasteiger partial charge in [0.2, 0.25) is 47.0 Å². The number of amides is 8. The zero-order valence-electron chi connectivity index (χ0n) is 73.1. The highest BCUT2D eigenvalue weighted by Crippen LogP contribution is 2.33. The number of benzene rings is 6. The molecule has 45 heteroatoms. The van der Waals surface area contributed by atoms with Gasteiger partial charge in [-0.15, -0.1) is 0 Å². The SMILES string of the molecule is CC(C)CC1C(=O)O[C@H](C)[C@H](NC(=O)c2ccccc2O)C(=O)N[C@@H](Cc2c(F)c(F)c(F)c(F)c2F)[C@@H](O)[C@@H](C)C(=O)N1C.CC(C)CC1NC(=O)[C@H](C)[C@H](O)[C@H](Cc2c(F)c(F)c(F)c(F)c2F)NC(=O)[C@@H](NC(=O)c2ccccc2O)[C@@H](C)OC1=O.CC(C)CC1OC(=O)[C@H](C)[C@H](O)[C@H](Cc2c(F)c(F)c(F)c(F)c2F)NC(=O)[C@@H](NC(=O)c2ccccc2O)[C@@H](C)OC1=O. The van der Waals surface area contributed by atoms with Crippen molar-refractivity contribution in [2.24, 2.45) is 35.5 Å². The summed E-state index contributed by atoms with van der Waals surface area (Å²) in [5, 5.41) is 79.6. The maximum atomic E-state index is 14.7. The Hall–Kier alpha value is -12.8. The number of para-hydroxylation sites is 3. The van der Waals surface area contributed by atoms with E-state index in [4.69, 9.17) is 18.9 Å². The lowest BCUT2D eigenvalue weighted by molar-refractivity contribution is -0.178. The van der Waals surface area contributed by atoms with E-state index < -0.39 is 320 Å². The third kappa shape index (κ3) is 25.7. The molecular formula is C88H97F15N8O22. The van der Waals surface area contributed by atoms with Crippen molar-refractivity contribution in [3.8, 4) is 17.2 Å². The number of cyclic esters (lactones) is 4. The minimum atomic E-state index is -2.43. The number of aliphatic hydroxyl groups is 3. The van der Waals surface area contributed by atoms with E-state index >= 15 is 0 Å². The minimum absolute atomic E-state index is 0.0508. The Morgan fingerprint density at radius 3 is 0.940 bits per heavy atom. The third-order valence-corrected chi connectivity index (χ3v) is 21.9. The van der Waals surface area contributed by atoms with Crippen LogP contribution in [0.3, 0.4) is 0 Å². The fourth-order valence-electron chi connectivity index (χ4n) is 14.2. The average Bonchev–Trinajstić information content (AvgIpc) is 0.792. The maximum absolute atomic E-state index is 14.7. The van der Waals surface area contributed by atoms with Gasteiger partial charge in [-0.25, -0.2) is 80.2 Å². The van der Waals surface area contributed by atoms with Gasteiger partial charge in [0.1, 0.15) is 65.8 Å². The van der Waals surface area contributed by atoms with E-state index in [-0.39, 0.29) is 53.7 Å². The molecule has 0 bridgehead atoms. The third-order valence-electron chi connectivity index (χ3n) is 21.9. The molecule has 13 N–H and O–H groups in total. The molecule has 18 atom stereocenters. The normalized spacial score (nSPS) is 24.9. The van der Waals surface area contributed by atoms with E-state index in [0.717, 1.165) is 18.7 Å². The van der Waals surface area contributed by atoms with Gasteiger partial charge in [0.15, 0.2) is 75.9 Å². The van der Waals surface area contributed by atoms with Crippen LogP contribution in [0.2, 0.25) is 0 Å². The van der Waals surface area contributed by atoms with Crippen molar-refractivity contribution < 1.29 is 173 Å². The Bertz CT molecular complexity index is 5070. The number of halogens is 15. The van der Waals surface area contributed by atoms with Gasteiger partial charge in [-0.3, -0.25) is 43.2 Å². The van der Waals surface area contributed by atoms with E-state index in [1.54, 1.807) is 41.5 Å². The predicted molar refractivity (Wildman–Crippen MR) is 433 cm³/mol. The van der Waals surface area contributed by atoms with Crippen molar-refractivity contribution in [2.45, 2.75) is 213 Å². The summed E-state index contributed by atoms with van der Waals surface area (Å²) >= 11 is 0. The summed E-state index contributed by atoms with van der Waals surface area (Å²) in [5.41, 5.74) is -4.99. The van der Waals surface area contributed by atoms with Gasteiger partial charge in [-0.1, -0.05) is 91.8 Å². The molecule has 3 fully saturated rings. The molecular weight excluding hydrogens is 1810 g/mol. The number of aromatic hydroxyl groups is 3. The van der Waals surface area contributed by atoms with Gasteiger partial charge in [0, 0.05) is 43.0 Å². The fourth-order valence-corrected chi connectivity index (χ4v) is 14.2. The Labute approximate surface area is 749 Å². The van der Waals surface area contributed by atoms with Crippen molar-refractivity contribution in [3.63, 3.8) is 0 Å². The summed E-state index contributed by atoms with van der Waals surface area (Å²) in [5.74, 6) is -53.4. The van der Waals surface area contributed by atoms with Gasteiger partial charge < -0.3 is 91.7 Å². The van der Waals surface area contributed by atoms with E-state index in [2.05, 4.69) is 37.2 Å². The lowest BCUT2D eigenvalue weighted by Gasteiger charge is -2.37. The molecule has 0 radical (unpaired) electrons. The van der Waals surface area contributed by atoms with Gasteiger partial charge in [0.05, 0.1) is 70.9 Å². The summed E-state index contributed by atoms with van der Waals surface area (Å²) < 4.78 is 234. The molecule has 0 aromatic heterocycles. The van der Waals surface area contributed by atoms with Crippen LogP contribution in [0.15, 0.2) is 72.8 Å². The zero-order valence-corrected chi connectivity index (χ0v) is 73.1. The molecule has 3 aliphatic rings. The molecule has 3 heterocycles. The summed E-state index contributed by atoms with van der Waals surface area (Å²) in [6.07, 6.45) is -15.6. The van der Waals surface area contributed by atoms with Gasteiger partial charge in [-0.2, -0.15) is 0 Å². The molecule has 0 saturated carbocycles. The van der Waals surface area contributed by atoms with E-state index in [1.165, 1.54) is 108 Å². The Balaban J connectivity index is 0.000000272. The van der Waals surface area contributed by atoms with Crippen molar-refractivity contribution >= 4 is 71.1 Å². The van der Waals surface area contributed by atoms with E-state index in [0.29, 0.717) is 0 Å². The summed E-state index contributed by atoms with van der Waals surface area (Å²) in [4.78, 5) is 160. The number of carbonyl (C=O) groups excluding carboxylic acids is 12. The lowest BCUT2D eigenvalue weighted by Crippen LogP contribution is -2.61. The highest BCUT2D eigenvalue weighted by Gasteiger charge is 2.47.